The fourth-order valence-electron chi connectivity index (χ4n) is 2.10. The first kappa shape index (κ1) is 17.8. The summed E-state index contributed by atoms with van der Waals surface area (Å²) in [6.07, 6.45) is 10.7. The first-order valence-electron chi connectivity index (χ1n) is 7.10. The molecular weight excluding hydrogens is 230 g/mol. The molecule has 110 valence electrons. The second kappa shape index (κ2) is 11.9. The molecule has 0 fully saturated rings. The first-order chi connectivity index (χ1) is 8.74. The van der Waals surface area contributed by atoms with Gasteiger partial charge in [-0.05, 0) is 19.4 Å². The molecule has 4 nitrogen and oxygen atoms in total. The highest BCUT2D eigenvalue weighted by atomic mass is 16.9. The van der Waals surface area contributed by atoms with Gasteiger partial charge in [-0.25, -0.2) is 0 Å². The number of hydrogen-bond donors (Lipinski definition) is 1. The SMILES string of the molecule is COC(CCCCCCCCCCN)(OC)OC. The van der Waals surface area contributed by atoms with E-state index in [9.17, 15) is 0 Å². The fraction of sp³-hybridized carbons (Fsp3) is 1.00. The van der Waals surface area contributed by atoms with Crippen LogP contribution in [-0.2, 0) is 14.2 Å². The van der Waals surface area contributed by atoms with Gasteiger partial charge in [-0.3, -0.25) is 0 Å². The van der Waals surface area contributed by atoms with Gasteiger partial charge in [0.1, 0.15) is 0 Å². The molecule has 0 saturated heterocycles. The van der Waals surface area contributed by atoms with Crippen molar-refractivity contribution in [2.75, 3.05) is 27.9 Å². The number of ether oxygens (including phenoxy) is 3. The third-order valence-corrected chi connectivity index (χ3v) is 3.37. The average molecular weight is 261 g/mol. The molecule has 0 aliphatic carbocycles. The third kappa shape index (κ3) is 8.03. The standard InChI is InChI=1S/C14H31NO3/c1-16-14(17-2,18-3)12-10-8-6-4-5-7-9-11-13-15/h4-13,15H2,1-3H3. The van der Waals surface area contributed by atoms with Crippen molar-refractivity contribution in [1.29, 1.82) is 0 Å². The van der Waals surface area contributed by atoms with Crippen molar-refractivity contribution in [3.8, 4) is 0 Å². The Morgan fingerprint density at radius 2 is 1.06 bits per heavy atom. The Labute approximate surface area is 112 Å². The molecule has 0 saturated carbocycles. The summed E-state index contributed by atoms with van der Waals surface area (Å²) in [5.74, 6) is -0.846. The molecular formula is C14H31NO3. The summed E-state index contributed by atoms with van der Waals surface area (Å²) in [6.45, 7) is 0.827. The first-order valence-corrected chi connectivity index (χ1v) is 7.10. The molecule has 0 heterocycles. The maximum Gasteiger partial charge on any atom is 0.282 e. The summed E-state index contributed by atoms with van der Waals surface area (Å²) < 4.78 is 15.8. The number of rotatable bonds is 13. The van der Waals surface area contributed by atoms with E-state index < -0.39 is 5.97 Å². The van der Waals surface area contributed by atoms with E-state index in [0.29, 0.717) is 0 Å². The Morgan fingerprint density at radius 3 is 1.44 bits per heavy atom. The van der Waals surface area contributed by atoms with Crippen molar-refractivity contribution < 1.29 is 14.2 Å². The van der Waals surface area contributed by atoms with E-state index in [1.807, 2.05) is 0 Å². The molecule has 0 aromatic heterocycles. The van der Waals surface area contributed by atoms with Gasteiger partial charge in [0, 0.05) is 27.8 Å². The van der Waals surface area contributed by atoms with E-state index in [0.717, 1.165) is 25.8 Å². The molecule has 4 heteroatoms. The molecule has 0 radical (unpaired) electrons. The molecule has 0 unspecified atom stereocenters. The van der Waals surface area contributed by atoms with Gasteiger partial charge in [0.2, 0.25) is 0 Å². The highest BCUT2D eigenvalue weighted by Gasteiger charge is 2.28. The minimum absolute atomic E-state index is 0.781. The van der Waals surface area contributed by atoms with Crippen LogP contribution in [0.2, 0.25) is 0 Å². The van der Waals surface area contributed by atoms with Crippen LogP contribution in [-0.4, -0.2) is 33.8 Å². The molecule has 0 aliphatic heterocycles. The third-order valence-electron chi connectivity index (χ3n) is 3.37. The monoisotopic (exact) mass is 261 g/mol. The topological polar surface area (TPSA) is 53.7 Å². The lowest BCUT2D eigenvalue weighted by Crippen LogP contribution is -2.35. The van der Waals surface area contributed by atoms with Crippen LogP contribution < -0.4 is 5.73 Å². The van der Waals surface area contributed by atoms with Gasteiger partial charge < -0.3 is 19.9 Å². The van der Waals surface area contributed by atoms with Crippen LogP contribution in [0.25, 0.3) is 0 Å². The van der Waals surface area contributed by atoms with Gasteiger partial charge in [0.15, 0.2) is 0 Å². The van der Waals surface area contributed by atoms with Gasteiger partial charge in [0.25, 0.3) is 5.97 Å². The summed E-state index contributed by atoms with van der Waals surface area (Å²) in [7, 11) is 4.85. The Kier molecular flexibility index (Phi) is 11.8. The minimum atomic E-state index is -0.846. The Bertz CT molecular complexity index is 164. The zero-order valence-corrected chi connectivity index (χ0v) is 12.4. The quantitative estimate of drug-likeness (QED) is 0.409. The van der Waals surface area contributed by atoms with Crippen molar-refractivity contribution in [3.05, 3.63) is 0 Å². The number of nitrogens with two attached hydrogens (primary N) is 1. The van der Waals surface area contributed by atoms with Crippen LogP contribution in [0.3, 0.4) is 0 Å². The molecule has 0 spiro atoms. The molecule has 0 aromatic carbocycles. The maximum absolute atomic E-state index is 5.45. The lowest BCUT2D eigenvalue weighted by Gasteiger charge is -2.28. The van der Waals surface area contributed by atoms with Crippen molar-refractivity contribution in [2.45, 2.75) is 63.8 Å². The summed E-state index contributed by atoms with van der Waals surface area (Å²) in [5.41, 5.74) is 5.45. The molecule has 0 amide bonds. The van der Waals surface area contributed by atoms with Crippen LogP contribution in [0.1, 0.15) is 57.8 Å². The highest BCUT2D eigenvalue weighted by Crippen LogP contribution is 2.21. The largest absolute Gasteiger partial charge is 0.331 e. The Balaban J connectivity index is 3.38. The molecule has 0 aliphatic rings. The van der Waals surface area contributed by atoms with Gasteiger partial charge in [0.05, 0.1) is 0 Å². The summed E-state index contributed by atoms with van der Waals surface area (Å²) >= 11 is 0. The van der Waals surface area contributed by atoms with E-state index in [1.165, 1.54) is 38.5 Å². The highest BCUT2D eigenvalue weighted by molar-refractivity contribution is 4.56. The van der Waals surface area contributed by atoms with Crippen LogP contribution in [0.5, 0.6) is 0 Å². The van der Waals surface area contributed by atoms with Crippen LogP contribution >= 0.6 is 0 Å². The number of unbranched alkanes of at least 4 members (excludes halogenated alkanes) is 7. The van der Waals surface area contributed by atoms with Crippen molar-refractivity contribution in [3.63, 3.8) is 0 Å². The minimum Gasteiger partial charge on any atom is -0.331 e. The van der Waals surface area contributed by atoms with Gasteiger partial charge in [-0.2, -0.15) is 0 Å². The molecule has 18 heavy (non-hydrogen) atoms. The van der Waals surface area contributed by atoms with Crippen molar-refractivity contribution >= 4 is 0 Å². The zero-order chi connectivity index (χ0) is 13.7. The smallest absolute Gasteiger partial charge is 0.282 e. The molecule has 0 aromatic rings. The lowest BCUT2D eigenvalue weighted by atomic mass is 10.1. The van der Waals surface area contributed by atoms with Crippen molar-refractivity contribution in [2.24, 2.45) is 5.73 Å². The Hall–Kier alpha value is -0.160. The second-order valence-corrected chi connectivity index (χ2v) is 4.66. The van der Waals surface area contributed by atoms with Gasteiger partial charge in [-0.15, -0.1) is 0 Å². The van der Waals surface area contributed by atoms with E-state index in [1.54, 1.807) is 21.3 Å². The van der Waals surface area contributed by atoms with E-state index in [-0.39, 0.29) is 0 Å². The Morgan fingerprint density at radius 1 is 0.667 bits per heavy atom. The van der Waals surface area contributed by atoms with E-state index in [2.05, 4.69) is 0 Å². The van der Waals surface area contributed by atoms with Crippen molar-refractivity contribution in [1.82, 2.24) is 0 Å². The maximum atomic E-state index is 5.45. The average Bonchev–Trinajstić information content (AvgIpc) is 2.42. The molecule has 0 bridgehead atoms. The van der Waals surface area contributed by atoms with Crippen LogP contribution in [0, 0.1) is 0 Å². The van der Waals surface area contributed by atoms with E-state index >= 15 is 0 Å². The zero-order valence-electron chi connectivity index (χ0n) is 12.4. The number of hydrogen-bond acceptors (Lipinski definition) is 4. The molecule has 0 rings (SSSR count). The van der Waals surface area contributed by atoms with Gasteiger partial charge in [-0.1, -0.05) is 38.5 Å². The lowest BCUT2D eigenvalue weighted by molar-refractivity contribution is -0.355. The fourth-order valence-corrected chi connectivity index (χ4v) is 2.10. The van der Waals surface area contributed by atoms with Gasteiger partial charge >= 0.3 is 0 Å². The normalized spacial score (nSPS) is 12.0. The summed E-state index contributed by atoms with van der Waals surface area (Å²) in [4.78, 5) is 0. The van der Waals surface area contributed by atoms with Crippen LogP contribution in [0.4, 0.5) is 0 Å². The predicted molar refractivity (Wildman–Crippen MR) is 74.4 cm³/mol. The predicted octanol–water partition coefficient (Wildman–Crippen LogP) is 3.05. The molecule has 0 atom stereocenters. The second-order valence-electron chi connectivity index (χ2n) is 4.66. The van der Waals surface area contributed by atoms with E-state index in [4.69, 9.17) is 19.9 Å². The summed E-state index contributed by atoms with van der Waals surface area (Å²) in [6, 6.07) is 0. The van der Waals surface area contributed by atoms with Crippen LogP contribution in [0.15, 0.2) is 0 Å². The number of methoxy groups -OCH3 is 3. The molecule has 2 N–H and O–H groups in total. The summed E-state index contributed by atoms with van der Waals surface area (Å²) in [5, 5.41) is 0.